The number of nitrogens with zero attached hydrogens (tertiary/aromatic N) is 3. The highest BCUT2D eigenvalue weighted by Gasteiger charge is 2.28. The van der Waals surface area contributed by atoms with Crippen molar-refractivity contribution in [1.29, 1.82) is 0 Å². The van der Waals surface area contributed by atoms with E-state index in [0.717, 1.165) is 71.6 Å². The molecule has 1 fully saturated rings. The molecule has 0 unspecified atom stereocenters. The van der Waals surface area contributed by atoms with E-state index in [1.165, 1.54) is 54.2 Å². The van der Waals surface area contributed by atoms with Crippen LogP contribution < -0.4 is 0 Å². The lowest BCUT2D eigenvalue weighted by atomic mass is 9.79. The fraction of sp³-hybridized carbons (Fsp3) is 0.241. The van der Waals surface area contributed by atoms with Crippen LogP contribution in [0.4, 0.5) is 0 Å². The molecule has 5 nitrogen and oxygen atoms in total. The maximum atomic E-state index is 12.3. The number of imidazole rings is 1. The third-order valence-corrected chi connectivity index (χ3v) is 13.6. The average Bonchev–Trinajstić information content (AvgIpc) is 3.86. The maximum Gasteiger partial charge on any atom is 0.149 e. The van der Waals surface area contributed by atoms with Gasteiger partial charge in [-0.05, 0) is 128 Å². The number of hydrogen-bond donors (Lipinski definition) is 1. The number of phenolic OH excluding ortho intramolecular Hbond substituents is 1. The molecule has 10 aromatic rings. The minimum Gasteiger partial charge on any atom is -0.507 e. The minimum absolute atomic E-state index is 0.0428. The molecule has 1 N–H and O–H groups in total. The van der Waals surface area contributed by atoms with E-state index < -0.39 is 0 Å². The zero-order valence-electron chi connectivity index (χ0n) is 37.1. The quantitative estimate of drug-likeness (QED) is 0.188. The summed E-state index contributed by atoms with van der Waals surface area (Å²) in [5.41, 5.74) is 12.8. The Hall–Kier alpha value is -6.72. The van der Waals surface area contributed by atoms with Gasteiger partial charge in [-0.25, -0.2) is 4.98 Å². The number of para-hydroxylation sites is 1. The summed E-state index contributed by atoms with van der Waals surface area (Å²) in [6.45, 7) is 13.6. The molecule has 0 amide bonds. The monoisotopic (exact) mass is 823 g/mol. The number of fused-ring (bicyclic) bond motifs is 7. The van der Waals surface area contributed by atoms with Crippen molar-refractivity contribution in [2.24, 2.45) is 0 Å². The normalized spacial score (nSPS) is 14.2. The van der Waals surface area contributed by atoms with E-state index in [0.29, 0.717) is 22.9 Å². The third-order valence-electron chi connectivity index (χ3n) is 13.6. The summed E-state index contributed by atoms with van der Waals surface area (Å²) < 4.78 is 8.88. The van der Waals surface area contributed by atoms with Crippen molar-refractivity contribution in [3.05, 3.63) is 156 Å². The van der Waals surface area contributed by atoms with Crippen molar-refractivity contribution in [3.8, 4) is 45.2 Å². The highest BCUT2D eigenvalue weighted by atomic mass is 16.3. The Morgan fingerprint density at radius 2 is 1.40 bits per heavy atom. The molecule has 63 heavy (non-hydrogen) atoms. The molecule has 0 atom stereocenters. The molecular formula is C58H53N3O2. The van der Waals surface area contributed by atoms with Gasteiger partial charge < -0.3 is 9.52 Å². The van der Waals surface area contributed by atoms with Crippen LogP contribution in [0.5, 0.6) is 5.75 Å². The first kappa shape index (κ1) is 39.1. The smallest absolute Gasteiger partial charge is 0.149 e. The zero-order chi connectivity index (χ0) is 43.2. The Morgan fingerprint density at radius 3 is 2.19 bits per heavy atom. The van der Waals surface area contributed by atoms with Crippen molar-refractivity contribution in [1.82, 2.24) is 14.5 Å². The lowest BCUT2D eigenvalue weighted by molar-refractivity contribution is 0.443. The van der Waals surface area contributed by atoms with Gasteiger partial charge in [0.2, 0.25) is 0 Å². The first-order valence-corrected chi connectivity index (χ1v) is 22.6. The van der Waals surface area contributed by atoms with Crippen molar-refractivity contribution in [2.45, 2.75) is 90.4 Å². The number of rotatable bonds is 5. The van der Waals surface area contributed by atoms with Gasteiger partial charge in [-0.15, -0.1) is 0 Å². The van der Waals surface area contributed by atoms with E-state index >= 15 is 0 Å². The van der Waals surface area contributed by atoms with Crippen LogP contribution in [0.15, 0.2) is 144 Å². The average molecular weight is 824 g/mol. The Morgan fingerprint density at radius 1 is 0.619 bits per heavy atom. The van der Waals surface area contributed by atoms with Crippen molar-refractivity contribution in [2.75, 3.05) is 0 Å². The summed E-state index contributed by atoms with van der Waals surface area (Å²) in [6.07, 6.45) is 8.39. The topological polar surface area (TPSA) is 64.1 Å². The molecule has 0 bridgehead atoms. The number of pyridine rings is 1. The van der Waals surface area contributed by atoms with Crippen LogP contribution in [0.1, 0.15) is 96.3 Å². The standard InChI is InChI=1S/C58H53N3O2/c1-57(2,3)40-24-25-49(47(32-40)58(4,5)6)61-50-22-14-21-43(39-29-38-18-11-12-19-41(38)44(30-39)48-31-37(27-28-59-48)35-15-8-7-9-16-35)55(50)60-56(61)45-34-53-46(33-51(45)62)54-42-20-13-10-17-36(42)23-26-52(54)63-53/h10-14,17-35,62H,7-9,15-16H2,1-6H3. The van der Waals surface area contributed by atoms with Gasteiger partial charge >= 0.3 is 0 Å². The van der Waals surface area contributed by atoms with Crippen molar-refractivity contribution >= 4 is 54.5 Å². The number of hydrogen-bond acceptors (Lipinski definition) is 4. The summed E-state index contributed by atoms with van der Waals surface area (Å²) in [5, 5.41) is 18.7. The van der Waals surface area contributed by atoms with Gasteiger partial charge in [0.15, 0.2) is 0 Å². The van der Waals surface area contributed by atoms with Gasteiger partial charge in [0.1, 0.15) is 22.7 Å². The highest BCUT2D eigenvalue weighted by molar-refractivity contribution is 6.19. The highest BCUT2D eigenvalue weighted by Crippen LogP contribution is 2.45. The second-order valence-corrected chi connectivity index (χ2v) is 19.9. The molecular weight excluding hydrogens is 771 g/mol. The third kappa shape index (κ3) is 6.68. The van der Waals surface area contributed by atoms with Gasteiger partial charge in [-0.2, -0.15) is 0 Å². The molecule has 0 saturated heterocycles. The SMILES string of the molecule is CC(C)(C)c1ccc(-n2c(-c3cc4oc5ccc6ccccc6c5c4cc3O)nc3c(-c4cc(-c5cc(C6CCCCC6)ccn5)c5ccccc5c4)cccc32)c(C(C)(C)C)c1. The van der Waals surface area contributed by atoms with Gasteiger partial charge in [0.25, 0.3) is 0 Å². The molecule has 3 aromatic heterocycles. The van der Waals surface area contributed by atoms with E-state index in [9.17, 15) is 5.11 Å². The fourth-order valence-corrected chi connectivity index (χ4v) is 10.3. The van der Waals surface area contributed by atoms with E-state index in [4.69, 9.17) is 14.4 Å². The maximum absolute atomic E-state index is 12.3. The van der Waals surface area contributed by atoms with Crippen LogP contribution in [-0.2, 0) is 10.8 Å². The fourth-order valence-electron chi connectivity index (χ4n) is 10.3. The van der Waals surface area contributed by atoms with Crippen LogP contribution >= 0.6 is 0 Å². The predicted molar refractivity (Wildman–Crippen MR) is 262 cm³/mol. The molecule has 3 heterocycles. The molecule has 7 aromatic carbocycles. The molecule has 1 saturated carbocycles. The first-order chi connectivity index (χ1) is 30.4. The summed E-state index contributed by atoms with van der Waals surface area (Å²) >= 11 is 0. The molecule has 1 aliphatic carbocycles. The Labute approximate surface area is 369 Å². The molecule has 0 radical (unpaired) electrons. The summed E-state index contributed by atoms with van der Waals surface area (Å²) in [5.74, 6) is 1.38. The molecule has 0 aliphatic heterocycles. The van der Waals surface area contributed by atoms with Crippen molar-refractivity contribution in [3.63, 3.8) is 0 Å². The Bertz CT molecular complexity index is 3420. The number of aromatic hydroxyl groups is 1. The lowest BCUT2D eigenvalue weighted by Gasteiger charge is -2.28. The van der Waals surface area contributed by atoms with Gasteiger partial charge in [0, 0.05) is 28.1 Å². The molecule has 11 rings (SSSR count). The number of furan rings is 1. The van der Waals surface area contributed by atoms with Gasteiger partial charge in [-0.3, -0.25) is 9.55 Å². The van der Waals surface area contributed by atoms with Crippen LogP contribution in [0.25, 0.3) is 94.0 Å². The molecule has 1 aliphatic rings. The summed E-state index contributed by atoms with van der Waals surface area (Å²) in [4.78, 5) is 10.6. The van der Waals surface area contributed by atoms with Crippen LogP contribution in [0.2, 0.25) is 0 Å². The van der Waals surface area contributed by atoms with E-state index in [2.05, 4.69) is 161 Å². The molecule has 5 heteroatoms. The minimum atomic E-state index is -0.208. The molecule has 312 valence electrons. The number of phenols is 1. The predicted octanol–water partition coefficient (Wildman–Crippen LogP) is 16.0. The van der Waals surface area contributed by atoms with Gasteiger partial charge in [-0.1, -0.05) is 140 Å². The first-order valence-electron chi connectivity index (χ1n) is 22.6. The van der Waals surface area contributed by atoms with Crippen LogP contribution in [0, 0.1) is 0 Å². The van der Waals surface area contributed by atoms with E-state index in [1.54, 1.807) is 0 Å². The van der Waals surface area contributed by atoms with Gasteiger partial charge in [0.05, 0.1) is 28.0 Å². The number of benzene rings is 7. The van der Waals surface area contributed by atoms with E-state index in [1.807, 2.05) is 24.4 Å². The van der Waals surface area contributed by atoms with E-state index in [-0.39, 0.29) is 16.6 Å². The summed E-state index contributed by atoms with van der Waals surface area (Å²) in [7, 11) is 0. The Kier molecular flexibility index (Phi) is 9.13. The second-order valence-electron chi connectivity index (χ2n) is 19.9. The lowest BCUT2D eigenvalue weighted by Crippen LogP contribution is -2.19. The second kappa shape index (κ2) is 14.7. The summed E-state index contributed by atoms with van der Waals surface area (Å²) in [6, 6.07) is 47.5. The Balaban J connectivity index is 1.17. The van der Waals surface area contributed by atoms with Crippen LogP contribution in [0.3, 0.4) is 0 Å². The zero-order valence-corrected chi connectivity index (χ0v) is 37.1. The largest absolute Gasteiger partial charge is 0.507 e. The van der Waals surface area contributed by atoms with Crippen LogP contribution in [-0.4, -0.2) is 19.6 Å². The number of aromatic nitrogens is 3. The van der Waals surface area contributed by atoms with Crippen molar-refractivity contribution < 1.29 is 9.52 Å². The molecule has 0 spiro atoms.